The molecule has 4 heteroatoms. The molecule has 1 saturated carbocycles. The highest BCUT2D eigenvalue weighted by molar-refractivity contribution is 9.10. The van der Waals surface area contributed by atoms with Crippen LogP contribution in [0.2, 0.25) is 5.02 Å². The van der Waals surface area contributed by atoms with Crippen LogP contribution >= 0.6 is 27.5 Å². The highest BCUT2D eigenvalue weighted by Crippen LogP contribution is 2.28. The first-order valence-electron chi connectivity index (χ1n) is 6.96. The fraction of sp³-hybridized carbons (Fsp3) is 0.600. The lowest BCUT2D eigenvalue weighted by atomic mass is 9.87. The van der Waals surface area contributed by atoms with Gasteiger partial charge in [-0.3, -0.25) is 0 Å². The summed E-state index contributed by atoms with van der Waals surface area (Å²) in [5, 5.41) is 4.24. The highest BCUT2D eigenvalue weighted by atomic mass is 79.9. The number of ether oxygens (including phenoxy) is 1. The second-order valence-corrected chi connectivity index (χ2v) is 6.67. The summed E-state index contributed by atoms with van der Waals surface area (Å²) in [7, 11) is 0. The molecule has 2 nitrogen and oxygen atoms in total. The smallest absolute Gasteiger partial charge is 0.139 e. The Morgan fingerprint density at radius 3 is 3.05 bits per heavy atom. The van der Waals surface area contributed by atoms with Crippen LogP contribution in [0, 0.1) is 5.92 Å². The molecule has 1 aromatic rings. The zero-order valence-corrected chi connectivity index (χ0v) is 13.6. The number of hydrogen-bond acceptors (Lipinski definition) is 2. The Bertz CT molecular complexity index is 413. The maximum atomic E-state index is 6.08. The molecule has 1 aromatic carbocycles. The minimum absolute atomic E-state index is 0.654. The van der Waals surface area contributed by atoms with Crippen molar-refractivity contribution in [2.75, 3.05) is 13.2 Å². The van der Waals surface area contributed by atoms with Gasteiger partial charge in [-0.15, -0.1) is 0 Å². The Labute approximate surface area is 129 Å². The number of halogens is 2. The van der Waals surface area contributed by atoms with Gasteiger partial charge in [0.05, 0.1) is 5.02 Å². The minimum atomic E-state index is 0.654. The van der Waals surface area contributed by atoms with Gasteiger partial charge < -0.3 is 10.1 Å². The maximum Gasteiger partial charge on any atom is 0.139 e. The van der Waals surface area contributed by atoms with Gasteiger partial charge in [0.1, 0.15) is 12.4 Å². The first-order valence-corrected chi connectivity index (χ1v) is 8.13. The molecule has 1 aliphatic rings. The van der Waals surface area contributed by atoms with Crippen LogP contribution in [0.4, 0.5) is 0 Å². The molecule has 0 radical (unpaired) electrons. The van der Waals surface area contributed by atoms with Gasteiger partial charge in [0.15, 0.2) is 0 Å². The SMILES string of the molecule is CC1CCCC(NCCOc2cc(Br)ccc2Cl)C1. The number of rotatable bonds is 5. The Balaban J connectivity index is 1.70. The van der Waals surface area contributed by atoms with E-state index < -0.39 is 0 Å². The molecule has 2 atom stereocenters. The van der Waals surface area contributed by atoms with E-state index in [0.29, 0.717) is 17.7 Å². The van der Waals surface area contributed by atoms with Gasteiger partial charge in [-0.05, 0) is 37.0 Å². The van der Waals surface area contributed by atoms with E-state index >= 15 is 0 Å². The first kappa shape index (κ1) is 15.1. The largest absolute Gasteiger partial charge is 0.491 e. The summed E-state index contributed by atoms with van der Waals surface area (Å²) in [5.74, 6) is 1.60. The van der Waals surface area contributed by atoms with Crippen LogP contribution < -0.4 is 10.1 Å². The van der Waals surface area contributed by atoms with Gasteiger partial charge in [-0.2, -0.15) is 0 Å². The molecule has 2 rings (SSSR count). The van der Waals surface area contributed by atoms with Gasteiger partial charge in [0.2, 0.25) is 0 Å². The zero-order valence-electron chi connectivity index (χ0n) is 11.3. The Morgan fingerprint density at radius 2 is 2.26 bits per heavy atom. The van der Waals surface area contributed by atoms with E-state index in [1.807, 2.05) is 18.2 Å². The van der Waals surface area contributed by atoms with Gasteiger partial charge in [-0.25, -0.2) is 0 Å². The molecule has 0 spiro atoms. The van der Waals surface area contributed by atoms with E-state index in [1.165, 1.54) is 25.7 Å². The van der Waals surface area contributed by atoms with Crippen molar-refractivity contribution in [3.05, 3.63) is 27.7 Å². The van der Waals surface area contributed by atoms with Crippen molar-refractivity contribution in [1.82, 2.24) is 5.32 Å². The third-order valence-electron chi connectivity index (χ3n) is 3.62. The van der Waals surface area contributed by atoms with Crippen LogP contribution in [0.1, 0.15) is 32.6 Å². The molecule has 0 saturated heterocycles. The summed E-state index contributed by atoms with van der Waals surface area (Å²) in [6.07, 6.45) is 5.30. The first-order chi connectivity index (χ1) is 9.15. The monoisotopic (exact) mass is 345 g/mol. The molecule has 0 aliphatic heterocycles. The van der Waals surface area contributed by atoms with Crippen molar-refractivity contribution in [3.8, 4) is 5.75 Å². The van der Waals surface area contributed by atoms with Gasteiger partial charge in [0, 0.05) is 17.1 Å². The summed E-state index contributed by atoms with van der Waals surface area (Å²) in [6.45, 7) is 3.87. The lowest BCUT2D eigenvalue weighted by Crippen LogP contribution is -2.36. The van der Waals surface area contributed by atoms with E-state index in [-0.39, 0.29) is 0 Å². The molecule has 106 valence electrons. The van der Waals surface area contributed by atoms with Crippen LogP contribution in [0.3, 0.4) is 0 Å². The second kappa shape index (κ2) is 7.51. The summed E-state index contributed by atoms with van der Waals surface area (Å²) >= 11 is 9.50. The van der Waals surface area contributed by atoms with E-state index in [2.05, 4.69) is 28.2 Å². The quantitative estimate of drug-likeness (QED) is 0.784. The molecule has 19 heavy (non-hydrogen) atoms. The third kappa shape index (κ3) is 4.97. The Kier molecular flexibility index (Phi) is 5.99. The van der Waals surface area contributed by atoms with Crippen LogP contribution in [0.25, 0.3) is 0 Å². The average Bonchev–Trinajstić information content (AvgIpc) is 2.39. The molecule has 0 amide bonds. The molecule has 0 bridgehead atoms. The second-order valence-electron chi connectivity index (χ2n) is 5.35. The summed E-state index contributed by atoms with van der Waals surface area (Å²) in [4.78, 5) is 0. The maximum absolute atomic E-state index is 6.08. The minimum Gasteiger partial charge on any atom is -0.491 e. The van der Waals surface area contributed by atoms with Crippen molar-refractivity contribution in [3.63, 3.8) is 0 Å². The molecule has 1 N–H and O–H groups in total. The molecule has 2 unspecified atom stereocenters. The van der Waals surface area contributed by atoms with Crippen LogP contribution in [-0.2, 0) is 0 Å². The number of hydrogen-bond donors (Lipinski definition) is 1. The predicted octanol–water partition coefficient (Wildman–Crippen LogP) is 4.65. The Morgan fingerprint density at radius 1 is 1.42 bits per heavy atom. The fourth-order valence-corrected chi connectivity index (χ4v) is 3.14. The van der Waals surface area contributed by atoms with Crippen molar-refractivity contribution in [1.29, 1.82) is 0 Å². The lowest BCUT2D eigenvalue weighted by molar-refractivity contribution is 0.266. The van der Waals surface area contributed by atoms with Crippen molar-refractivity contribution in [2.24, 2.45) is 5.92 Å². The lowest BCUT2D eigenvalue weighted by Gasteiger charge is -2.27. The van der Waals surface area contributed by atoms with Crippen molar-refractivity contribution in [2.45, 2.75) is 38.6 Å². The normalized spacial score (nSPS) is 23.3. The molecular weight excluding hydrogens is 326 g/mol. The zero-order chi connectivity index (χ0) is 13.7. The molecule has 0 aromatic heterocycles. The van der Waals surface area contributed by atoms with Gasteiger partial charge >= 0.3 is 0 Å². The summed E-state index contributed by atoms with van der Waals surface area (Å²) < 4.78 is 6.70. The van der Waals surface area contributed by atoms with Crippen LogP contribution in [-0.4, -0.2) is 19.2 Å². The van der Waals surface area contributed by atoms with E-state index in [9.17, 15) is 0 Å². The fourth-order valence-electron chi connectivity index (χ4n) is 2.63. The van der Waals surface area contributed by atoms with Gasteiger partial charge in [-0.1, -0.05) is 47.3 Å². The molecular formula is C15H21BrClNO. The van der Waals surface area contributed by atoms with Crippen LogP contribution in [0.5, 0.6) is 5.75 Å². The number of nitrogens with one attached hydrogen (secondary N) is 1. The van der Waals surface area contributed by atoms with Crippen LogP contribution in [0.15, 0.2) is 22.7 Å². The van der Waals surface area contributed by atoms with Gasteiger partial charge in [0.25, 0.3) is 0 Å². The standard InChI is InChI=1S/C15H21BrClNO/c1-11-3-2-4-13(9-11)18-7-8-19-15-10-12(16)5-6-14(15)17/h5-6,10-11,13,18H,2-4,7-9H2,1H3. The highest BCUT2D eigenvalue weighted by Gasteiger charge is 2.17. The van der Waals surface area contributed by atoms with Crippen molar-refractivity contribution >= 4 is 27.5 Å². The summed E-state index contributed by atoms with van der Waals surface area (Å²) in [6, 6.07) is 6.32. The molecule has 1 aliphatic carbocycles. The van der Waals surface area contributed by atoms with Crippen molar-refractivity contribution < 1.29 is 4.74 Å². The van der Waals surface area contributed by atoms with E-state index in [0.717, 1.165) is 22.7 Å². The predicted molar refractivity (Wildman–Crippen MR) is 84.1 cm³/mol. The average molecular weight is 347 g/mol. The Hall–Kier alpha value is -0.250. The molecule has 1 fully saturated rings. The van der Waals surface area contributed by atoms with E-state index in [1.54, 1.807) is 0 Å². The summed E-state index contributed by atoms with van der Waals surface area (Å²) in [5.41, 5.74) is 0. The third-order valence-corrected chi connectivity index (χ3v) is 4.43. The number of benzene rings is 1. The molecule has 0 heterocycles. The van der Waals surface area contributed by atoms with E-state index in [4.69, 9.17) is 16.3 Å². The topological polar surface area (TPSA) is 21.3 Å².